The van der Waals surface area contributed by atoms with Crippen molar-refractivity contribution in [3.05, 3.63) is 23.7 Å². The summed E-state index contributed by atoms with van der Waals surface area (Å²) in [6.45, 7) is 4.76. The molecule has 1 heterocycles. The quantitative estimate of drug-likeness (QED) is 0.893. The van der Waals surface area contributed by atoms with Crippen molar-refractivity contribution >= 4 is 10.8 Å². The van der Waals surface area contributed by atoms with E-state index >= 15 is 0 Å². The van der Waals surface area contributed by atoms with Gasteiger partial charge >= 0.3 is 0 Å². The summed E-state index contributed by atoms with van der Waals surface area (Å²) >= 11 is 0. The van der Waals surface area contributed by atoms with Crippen LogP contribution in [-0.4, -0.2) is 21.3 Å². The second-order valence-electron chi connectivity index (χ2n) is 5.05. The molecule has 1 aromatic rings. The number of furan rings is 1. The third-order valence-corrected chi connectivity index (χ3v) is 5.38. The summed E-state index contributed by atoms with van der Waals surface area (Å²) in [5.41, 5.74) is 0. The van der Waals surface area contributed by atoms with Crippen molar-refractivity contribution in [2.75, 3.05) is 5.75 Å². The molecule has 0 amide bonds. The van der Waals surface area contributed by atoms with Gasteiger partial charge in [-0.25, -0.2) is 0 Å². The third kappa shape index (κ3) is 3.69. The van der Waals surface area contributed by atoms with Gasteiger partial charge in [-0.05, 0) is 38.3 Å². The highest BCUT2D eigenvalue weighted by atomic mass is 32.2. The molecule has 1 saturated carbocycles. The number of hydrogen-bond donors (Lipinski definition) is 1. The van der Waals surface area contributed by atoms with Crippen LogP contribution in [0.5, 0.6) is 0 Å². The second-order valence-corrected chi connectivity index (χ2v) is 7.05. The van der Waals surface area contributed by atoms with Crippen LogP contribution in [0, 0.1) is 6.92 Å². The Morgan fingerprint density at radius 3 is 2.94 bits per heavy atom. The molecule has 4 heteroatoms. The highest BCUT2D eigenvalue weighted by Crippen LogP contribution is 2.23. The lowest BCUT2D eigenvalue weighted by Gasteiger charge is -2.28. The smallest absolute Gasteiger partial charge is 0.117 e. The van der Waals surface area contributed by atoms with E-state index in [9.17, 15) is 4.21 Å². The van der Waals surface area contributed by atoms with Crippen molar-refractivity contribution in [3.8, 4) is 0 Å². The Balaban J connectivity index is 1.80. The van der Waals surface area contributed by atoms with Crippen LogP contribution in [0.3, 0.4) is 0 Å². The zero-order chi connectivity index (χ0) is 13.0. The molecule has 1 fully saturated rings. The zero-order valence-electron chi connectivity index (χ0n) is 11.3. The lowest BCUT2D eigenvalue weighted by molar-refractivity contribution is 0.357. The highest BCUT2D eigenvalue weighted by molar-refractivity contribution is 7.85. The van der Waals surface area contributed by atoms with Crippen LogP contribution in [0.15, 0.2) is 16.5 Å². The van der Waals surface area contributed by atoms with Gasteiger partial charge in [0.15, 0.2) is 0 Å². The van der Waals surface area contributed by atoms with Gasteiger partial charge in [0.25, 0.3) is 0 Å². The first-order valence-electron chi connectivity index (χ1n) is 6.85. The molecule has 0 spiro atoms. The highest BCUT2D eigenvalue weighted by Gasteiger charge is 2.25. The van der Waals surface area contributed by atoms with Gasteiger partial charge < -0.3 is 9.73 Å². The molecule has 18 heavy (non-hydrogen) atoms. The van der Waals surface area contributed by atoms with Gasteiger partial charge in [-0.2, -0.15) is 0 Å². The lowest BCUT2D eigenvalue weighted by atomic mass is 9.95. The van der Waals surface area contributed by atoms with Crippen LogP contribution < -0.4 is 5.32 Å². The molecule has 2 rings (SSSR count). The van der Waals surface area contributed by atoms with E-state index in [0.29, 0.717) is 11.3 Å². The third-order valence-electron chi connectivity index (χ3n) is 3.64. The minimum atomic E-state index is -0.642. The molecule has 0 radical (unpaired) electrons. The van der Waals surface area contributed by atoms with E-state index in [1.165, 1.54) is 12.8 Å². The van der Waals surface area contributed by atoms with Crippen molar-refractivity contribution in [1.82, 2.24) is 5.32 Å². The van der Waals surface area contributed by atoms with Gasteiger partial charge in [0.05, 0.1) is 6.54 Å². The number of nitrogens with one attached hydrogen (secondary N) is 1. The Labute approximate surface area is 112 Å². The summed E-state index contributed by atoms with van der Waals surface area (Å²) in [6, 6.07) is 4.50. The first-order chi connectivity index (χ1) is 8.69. The number of aryl methyl sites for hydroxylation is 1. The van der Waals surface area contributed by atoms with Gasteiger partial charge in [0.2, 0.25) is 0 Å². The molecule has 0 aromatic carbocycles. The molecule has 3 nitrogen and oxygen atoms in total. The normalized spacial score (nSPS) is 26.1. The fourth-order valence-corrected chi connectivity index (χ4v) is 3.98. The van der Waals surface area contributed by atoms with Crippen molar-refractivity contribution in [2.45, 2.75) is 57.4 Å². The van der Waals surface area contributed by atoms with Crippen LogP contribution >= 0.6 is 0 Å². The molecule has 1 aliphatic carbocycles. The standard InChI is InChI=1S/C14H23NO2S/c1-3-18(16)14-6-4-5-12(9-14)15-10-13-8-7-11(2)17-13/h7-8,12,14-15H,3-6,9-10H2,1-2H3/t12-,14-,18+/m0/s1. The molecule has 0 bridgehead atoms. The predicted molar refractivity (Wildman–Crippen MR) is 75.0 cm³/mol. The average Bonchev–Trinajstić information content (AvgIpc) is 2.81. The summed E-state index contributed by atoms with van der Waals surface area (Å²) < 4.78 is 17.4. The summed E-state index contributed by atoms with van der Waals surface area (Å²) in [6.07, 6.45) is 4.54. The molecule has 1 aliphatic rings. The fraction of sp³-hybridized carbons (Fsp3) is 0.714. The Bertz CT molecular complexity index is 402. The average molecular weight is 269 g/mol. The van der Waals surface area contributed by atoms with Crippen molar-refractivity contribution in [1.29, 1.82) is 0 Å². The van der Waals surface area contributed by atoms with Gasteiger partial charge in [0, 0.05) is 27.8 Å². The molecular weight excluding hydrogens is 246 g/mol. The van der Waals surface area contributed by atoms with E-state index < -0.39 is 10.8 Å². The lowest BCUT2D eigenvalue weighted by Crippen LogP contribution is -2.37. The molecule has 102 valence electrons. The Kier molecular flexibility index (Phi) is 5.01. The van der Waals surface area contributed by atoms with E-state index in [4.69, 9.17) is 4.42 Å². The maximum absolute atomic E-state index is 11.9. The molecule has 0 aliphatic heterocycles. The van der Waals surface area contributed by atoms with Crippen molar-refractivity contribution < 1.29 is 8.63 Å². The van der Waals surface area contributed by atoms with Crippen molar-refractivity contribution in [2.24, 2.45) is 0 Å². The van der Waals surface area contributed by atoms with Crippen LogP contribution in [-0.2, 0) is 17.3 Å². The molecule has 1 N–H and O–H groups in total. The molecule has 3 atom stereocenters. The maximum Gasteiger partial charge on any atom is 0.117 e. The van der Waals surface area contributed by atoms with Gasteiger partial charge in [-0.1, -0.05) is 13.3 Å². The monoisotopic (exact) mass is 269 g/mol. The van der Waals surface area contributed by atoms with Gasteiger partial charge in [-0.15, -0.1) is 0 Å². The summed E-state index contributed by atoms with van der Waals surface area (Å²) in [5.74, 6) is 2.74. The summed E-state index contributed by atoms with van der Waals surface area (Å²) in [7, 11) is -0.642. The first kappa shape index (κ1) is 13.8. The zero-order valence-corrected chi connectivity index (χ0v) is 12.1. The number of hydrogen-bond acceptors (Lipinski definition) is 3. The maximum atomic E-state index is 11.9. The van der Waals surface area contributed by atoms with E-state index in [0.717, 1.165) is 36.7 Å². The molecular formula is C14H23NO2S. The Hall–Kier alpha value is -0.610. The Morgan fingerprint density at radius 1 is 1.44 bits per heavy atom. The largest absolute Gasteiger partial charge is 0.465 e. The van der Waals surface area contributed by atoms with Crippen molar-refractivity contribution in [3.63, 3.8) is 0 Å². The minimum absolute atomic E-state index is 0.389. The second kappa shape index (κ2) is 6.53. The first-order valence-corrected chi connectivity index (χ1v) is 8.23. The van der Waals surface area contributed by atoms with E-state index in [-0.39, 0.29) is 0 Å². The van der Waals surface area contributed by atoms with Crippen LogP contribution in [0.25, 0.3) is 0 Å². The van der Waals surface area contributed by atoms with Crippen LogP contribution in [0.2, 0.25) is 0 Å². The number of rotatable bonds is 5. The SMILES string of the molecule is CC[S@@](=O)[C@H]1CCC[C@H](NCc2ccc(C)o2)C1. The van der Waals surface area contributed by atoms with E-state index in [2.05, 4.69) is 5.32 Å². The van der Waals surface area contributed by atoms with E-state index in [1.54, 1.807) is 0 Å². The fourth-order valence-electron chi connectivity index (χ4n) is 2.63. The summed E-state index contributed by atoms with van der Waals surface area (Å²) in [4.78, 5) is 0. The predicted octanol–water partition coefficient (Wildman–Crippen LogP) is 2.76. The Morgan fingerprint density at radius 2 is 2.28 bits per heavy atom. The van der Waals surface area contributed by atoms with Crippen LogP contribution in [0.4, 0.5) is 0 Å². The minimum Gasteiger partial charge on any atom is -0.465 e. The van der Waals surface area contributed by atoms with Gasteiger partial charge in [-0.3, -0.25) is 4.21 Å². The molecule has 1 aromatic heterocycles. The van der Waals surface area contributed by atoms with E-state index in [1.807, 2.05) is 26.0 Å². The topological polar surface area (TPSA) is 42.2 Å². The molecule has 0 saturated heterocycles. The van der Waals surface area contributed by atoms with Gasteiger partial charge in [0.1, 0.15) is 11.5 Å². The molecule has 0 unspecified atom stereocenters. The van der Waals surface area contributed by atoms with Crippen LogP contribution in [0.1, 0.15) is 44.1 Å². The summed E-state index contributed by atoms with van der Waals surface area (Å²) in [5, 5.41) is 3.92.